The molecular formula is C20H14F2N4S2. The van der Waals surface area contributed by atoms with Crippen molar-refractivity contribution in [3.8, 4) is 22.5 Å². The topological polar surface area (TPSA) is 51.6 Å². The molecule has 0 aliphatic rings. The van der Waals surface area contributed by atoms with E-state index in [-0.39, 0.29) is 11.6 Å². The van der Waals surface area contributed by atoms with E-state index in [1.807, 2.05) is 12.5 Å². The first-order valence-electron chi connectivity index (χ1n) is 8.28. The fraction of sp³-hybridized carbons (Fsp3) is 0.100. The molecule has 2 aromatic heterocycles. The first kappa shape index (κ1) is 18.8. The molecule has 140 valence electrons. The minimum Gasteiger partial charge on any atom is -0.239 e. The number of thioether (sulfide) groups is 2. The van der Waals surface area contributed by atoms with E-state index in [0.29, 0.717) is 38.8 Å². The maximum atomic E-state index is 13.4. The Morgan fingerprint density at radius 3 is 1.68 bits per heavy atom. The van der Waals surface area contributed by atoms with Crippen molar-refractivity contribution in [2.75, 3.05) is 12.5 Å². The smallest absolute Gasteiger partial charge is 0.190 e. The molecule has 0 saturated carbocycles. The second-order valence-corrected chi connectivity index (χ2v) is 7.39. The van der Waals surface area contributed by atoms with Crippen molar-refractivity contribution in [3.63, 3.8) is 0 Å². The van der Waals surface area contributed by atoms with Crippen molar-refractivity contribution in [1.82, 2.24) is 19.9 Å². The molecule has 0 N–H and O–H groups in total. The number of benzene rings is 2. The van der Waals surface area contributed by atoms with Crippen LogP contribution in [0.25, 0.3) is 33.7 Å². The van der Waals surface area contributed by atoms with Gasteiger partial charge in [0.05, 0.1) is 11.4 Å². The van der Waals surface area contributed by atoms with Crippen LogP contribution in [0.15, 0.2) is 58.7 Å². The summed E-state index contributed by atoms with van der Waals surface area (Å²) in [6.07, 6.45) is 3.81. The Labute approximate surface area is 168 Å². The van der Waals surface area contributed by atoms with Crippen molar-refractivity contribution in [1.29, 1.82) is 0 Å². The van der Waals surface area contributed by atoms with E-state index in [4.69, 9.17) is 9.97 Å². The summed E-state index contributed by atoms with van der Waals surface area (Å²) in [7, 11) is 0. The molecule has 0 saturated heterocycles. The molecule has 4 rings (SSSR count). The fourth-order valence-electron chi connectivity index (χ4n) is 2.76. The molecular weight excluding hydrogens is 398 g/mol. The highest BCUT2D eigenvalue weighted by Crippen LogP contribution is 2.33. The van der Waals surface area contributed by atoms with E-state index in [2.05, 4.69) is 9.97 Å². The normalized spacial score (nSPS) is 11.1. The summed E-state index contributed by atoms with van der Waals surface area (Å²) >= 11 is 2.89. The van der Waals surface area contributed by atoms with Crippen LogP contribution in [0.2, 0.25) is 0 Å². The van der Waals surface area contributed by atoms with Gasteiger partial charge in [-0.15, -0.1) is 11.8 Å². The Morgan fingerprint density at radius 2 is 1.18 bits per heavy atom. The summed E-state index contributed by atoms with van der Waals surface area (Å²) < 4.78 is 26.8. The molecule has 0 atom stereocenters. The molecule has 2 aromatic carbocycles. The van der Waals surface area contributed by atoms with Gasteiger partial charge in [0.25, 0.3) is 0 Å². The van der Waals surface area contributed by atoms with Gasteiger partial charge in [-0.05, 0) is 61.0 Å². The van der Waals surface area contributed by atoms with Crippen LogP contribution in [-0.4, -0.2) is 32.4 Å². The van der Waals surface area contributed by atoms with Crippen LogP contribution < -0.4 is 0 Å². The summed E-state index contributed by atoms with van der Waals surface area (Å²) in [6.45, 7) is 0. The van der Waals surface area contributed by atoms with Gasteiger partial charge in [-0.2, -0.15) is 0 Å². The van der Waals surface area contributed by atoms with Gasteiger partial charge in [-0.25, -0.2) is 28.7 Å². The van der Waals surface area contributed by atoms with Gasteiger partial charge in [-0.1, -0.05) is 11.8 Å². The van der Waals surface area contributed by atoms with E-state index in [1.54, 1.807) is 24.3 Å². The highest BCUT2D eigenvalue weighted by molar-refractivity contribution is 7.99. The second kappa shape index (κ2) is 7.81. The Balaban J connectivity index is 2.04. The van der Waals surface area contributed by atoms with Crippen molar-refractivity contribution in [3.05, 3.63) is 60.2 Å². The minimum atomic E-state index is -0.336. The number of nitrogens with zero attached hydrogens (tertiary/aromatic N) is 4. The molecule has 0 aliphatic heterocycles. The Bertz CT molecular complexity index is 1150. The molecule has 4 aromatic rings. The summed E-state index contributed by atoms with van der Waals surface area (Å²) in [4.78, 5) is 18.5. The van der Waals surface area contributed by atoms with Gasteiger partial charge in [-0.3, -0.25) is 0 Å². The van der Waals surface area contributed by atoms with E-state index in [0.717, 1.165) is 5.03 Å². The highest BCUT2D eigenvalue weighted by atomic mass is 32.2. The number of hydrogen-bond acceptors (Lipinski definition) is 6. The SMILES string of the molecule is CSc1nc(SC)c2nc(-c3ccc(F)cc3)c(-c3ccc(F)cc3)nc2n1. The zero-order valence-corrected chi connectivity index (χ0v) is 16.6. The quantitative estimate of drug-likeness (QED) is 0.251. The molecule has 0 aliphatic carbocycles. The number of halogens is 2. The van der Waals surface area contributed by atoms with E-state index in [9.17, 15) is 8.78 Å². The van der Waals surface area contributed by atoms with Gasteiger partial charge >= 0.3 is 0 Å². The summed E-state index contributed by atoms with van der Waals surface area (Å²) in [5.41, 5.74) is 3.57. The van der Waals surface area contributed by atoms with Crippen LogP contribution in [-0.2, 0) is 0 Å². The lowest BCUT2D eigenvalue weighted by Crippen LogP contribution is -2.01. The largest absolute Gasteiger partial charge is 0.239 e. The standard InChI is InChI=1S/C20H14F2N4S2/c1-27-19-17-18(25-20(26-19)28-2)24-16(12-5-9-14(22)10-6-12)15(23-17)11-3-7-13(21)8-4-11/h3-10H,1-2H3. The third-order valence-corrected chi connectivity index (χ3v) is 5.31. The highest BCUT2D eigenvalue weighted by Gasteiger charge is 2.17. The minimum absolute atomic E-state index is 0.335. The van der Waals surface area contributed by atoms with Gasteiger partial charge in [0.1, 0.15) is 22.2 Å². The van der Waals surface area contributed by atoms with Gasteiger partial charge in [0.2, 0.25) is 0 Å². The average molecular weight is 412 g/mol. The van der Waals surface area contributed by atoms with Crippen LogP contribution >= 0.6 is 23.5 Å². The van der Waals surface area contributed by atoms with Crippen molar-refractivity contribution in [2.45, 2.75) is 10.2 Å². The Morgan fingerprint density at radius 1 is 0.643 bits per heavy atom. The van der Waals surface area contributed by atoms with E-state index < -0.39 is 0 Å². The van der Waals surface area contributed by atoms with Crippen molar-refractivity contribution < 1.29 is 8.78 Å². The predicted octanol–water partition coefficient (Wildman–Crippen LogP) is 5.48. The first-order valence-corrected chi connectivity index (χ1v) is 10.7. The van der Waals surface area contributed by atoms with Gasteiger partial charge < -0.3 is 0 Å². The molecule has 28 heavy (non-hydrogen) atoms. The third kappa shape index (κ3) is 3.57. The molecule has 4 nitrogen and oxygen atoms in total. The zero-order valence-electron chi connectivity index (χ0n) is 15.0. The number of hydrogen-bond donors (Lipinski definition) is 0. The van der Waals surface area contributed by atoms with Crippen LogP contribution in [0.5, 0.6) is 0 Å². The maximum Gasteiger partial charge on any atom is 0.190 e. The molecule has 2 heterocycles. The number of rotatable bonds is 4. The predicted molar refractivity (Wildman–Crippen MR) is 109 cm³/mol. The number of aromatic nitrogens is 4. The number of fused-ring (bicyclic) bond motifs is 1. The Hall–Kier alpha value is -2.58. The fourth-order valence-corrected chi connectivity index (χ4v) is 3.68. The van der Waals surface area contributed by atoms with Crippen molar-refractivity contribution >= 4 is 34.7 Å². The molecule has 0 amide bonds. The second-order valence-electron chi connectivity index (χ2n) is 5.83. The lowest BCUT2D eigenvalue weighted by molar-refractivity contribution is 0.627. The van der Waals surface area contributed by atoms with Crippen LogP contribution in [0, 0.1) is 11.6 Å². The van der Waals surface area contributed by atoms with E-state index in [1.165, 1.54) is 47.8 Å². The summed E-state index contributed by atoms with van der Waals surface area (Å²) in [6, 6.07) is 12.1. The summed E-state index contributed by atoms with van der Waals surface area (Å²) in [5.74, 6) is -0.670. The Kier molecular flexibility index (Phi) is 5.23. The molecule has 0 bridgehead atoms. The van der Waals surface area contributed by atoms with Gasteiger partial charge in [0.15, 0.2) is 10.8 Å². The monoisotopic (exact) mass is 412 g/mol. The zero-order chi connectivity index (χ0) is 19.7. The van der Waals surface area contributed by atoms with Crippen LogP contribution in [0.3, 0.4) is 0 Å². The molecule has 0 unspecified atom stereocenters. The van der Waals surface area contributed by atoms with Gasteiger partial charge in [0, 0.05) is 11.1 Å². The van der Waals surface area contributed by atoms with Crippen molar-refractivity contribution in [2.24, 2.45) is 0 Å². The molecule has 8 heteroatoms. The molecule has 0 spiro atoms. The van der Waals surface area contributed by atoms with Crippen LogP contribution in [0.4, 0.5) is 8.78 Å². The van der Waals surface area contributed by atoms with Crippen LogP contribution in [0.1, 0.15) is 0 Å². The lowest BCUT2D eigenvalue weighted by atomic mass is 10.0. The molecule has 0 fully saturated rings. The summed E-state index contributed by atoms with van der Waals surface area (Å²) in [5, 5.41) is 1.32. The lowest BCUT2D eigenvalue weighted by Gasteiger charge is -2.12. The maximum absolute atomic E-state index is 13.4. The van der Waals surface area contributed by atoms with E-state index >= 15 is 0 Å². The average Bonchev–Trinajstić information content (AvgIpc) is 2.73. The first-order chi connectivity index (χ1) is 13.6. The molecule has 0 radical (unpaired) electrons. The third-order valence-electron chi connectivity index (χ3n) is 4.09.